The molecule has 118 valence electrons. The Morgan fingerprint density at radius 2 is 2.05 bits per heavy atom. The Kier molecular flexibility index (Phi) is 5.83. The van der Waals surface area contributed by atoms with Crippen molar-refractivity contribution in [3.8, 4) is 0 Å². The molecule has 3 N–H and O–H groups in total. The highest BCUT2D eigenvalue weighted by Crippen LogP contribution is 2.39. The van der Waals surface area contributed by atoms with Crippen LogP contribution in [0.2, 0.25) is 0 Å². The van der Waals surface area contributed by atoms with Gasteiger partial charge in [0.2, 0.25) is 0 Å². The van der Waals surface area contributed by atoms with E-state index in [0.29, 0.717) is 0 Å². The Balaban J connectivity index is 2.21. The van der Waals surface area contributed by atoms with Gasteiger partial charge in [0.05, 0.1) is 0 Å². The van der Waals surface area contributed by atoms with Crippen molar-refractivity contribution in [2.45, 2.75) is 50.6 Å². The third-order valence-corrected chi connectivity index (χ3v) is 5.63. The summed E-state index contributed by atoms with van der Waals surface area (Å²) in [7, 11) is 4.40. The molecule has 1 aliphatic carbocycles. The van der Waals surface area contributed by atoms with Crippen LogP contribution in [-0.2, 0) is 6.42 Å². The fraction of sp³-hybridized carbons (Fsp3) is 0.647. The predicted octanol–water partition coefficient (Wildman–Crippen LogP) is 3.33. The van der Waals surface area contributed by atoms with E-state index in [1.807, 2.05) is 0 Å². The molecule has 0 amide bonds. The molecule has 0 spiro atoms. The van der Waals surface area contributed by atoms with Crippen LogP contribution in [0.4, 0.5) is 0 Å². The Bertz CT molecular complexity index is 446. The highest BCUT2D eigenvalue weighted by atomic mass is 79.9. The SMILES string of the molecule is CC1CCCC(C(Cc2ccc(Br)cc2)NN)(N(C)C)C1. The first kappa shape index (κ1) is 16.9. The summed E-state index contributed by atoms with van der Waals surface area (Å²) >= 11 is 3.50. The number of rotatable bonds is 5. The van der Waals surface area contributed by atoms with Gasteiger partial charge >= 0.3 is 0 Å². The standard InChI is InChI=1S/C17H28BrN3/c1-13-5-4-10-17(12-13,21(2)3)16(20-19)11-14-6-8-15(18)9-7-14/h6-9,13,16,20H,4-5,10-12,19H2,1-3H3. The molecule has 3 nitrogen and oxygen atoms in total. The molecule has 0 saturated heterocycles. The third-order valence-electron chi connectivity index (χ3n) is 5.10. The van der Waals surface area contributed by atoms with Crippen LogP contribution in [0.1, 0.15) is 38.2 Å². The molecule has 0 radical (unpaired) electrons. The average Bonchev–Trinajstić information content (AvgIpc) is 2.46. The fourth-order valence-electron chi connectivity index (χ4n) is 3.86. The zero-order valence-corrected chi connectivity index (χ0v) is 15.0. The van der Waals surface area contributed by atoms with E-state index in [1.165, 1.54) is 31.2 Å². The molecule has 1 aromatic rings. The molecule has 1 fully saturated rings. The summed E-state index contributed by atoms with van der Waals surface area (Å²) < 4.78 is 1.12. The summed E-state index contributed by atoms with van der Waals surface area (Å²) in [6.45, 7) is 2.37. The van der Waals surface area contributed by atoms with Gasteiger partial charge in [-0.15, -0.1) is 0 Å². The molecule has 4 heteroatoms. The lowest BCUT2D eigenvalue weighted by atomic mass is 9.70. The summed E-state index contributed by atoms with van der Waals surface area (Å²) in [5.74, 6) is 6.73. The van der Waals surface area contributed by atoms with Crippen molar-refractivity contribution in [3.05, 3.63) is 34.3 Å². The molecular formula is C17H28BrN3. The number of halogens is 1. The van der Waals surface area contributed by atoms with E-state index in [9.17, 15) is 0 Å². The number of hydrogen-bond acceptors (Lipinski definition) is 3. The van der Waals surface area contributed by atoms with Gasteiger partial charge in [0, 0.05) is 16.1 Å². The lowest BCUT2D eigenvalue weighted by Gasteiger charge is -2.50. The van der Waals surface area contributed by atoms with Crippen molar-refractivity contribution >= 4 is 15.9 Å². The summed E-state index contributed by atoms with van der Waals surface area (Å²) in [6.07, 6.45) is 6.03. The van der Waals surface area contributed by atoms with Crippen LogP contribution >= 0.6 is 15.9 Å². The van der Waals surface area contributed by atoms with Gasteiger partial charge < -0.3 is 4.90 Å². The molecular weight excluding hydrogens is 326 g/mol. The highest BCUT2D eigenvalue weighted by molar-refractivity contribution is 9.10. The van der Waals surface area contributed by atoms with Crippen LogP contribution in [0.25, 0.3) is 0 Å². The smallest absolute Gasteiger partial charge is 0.0434 e. The van der Waals surface area contributed by atoms with E-state index in [4.69, 9.17) is 5.84 Å². The van der Waals surface area contributed by atoms with Gasteiger partial charge in [0.1, 0.15) is 0 Å². The first-order valence-corrected chi connectivity index (χ1v) is 8.65. The molecule has 1 aliphatic rings. The lowest BCUT2D eigenvalue weighted by molar-refractivity contribution is 0.0373. The number of hydrazine groups is 1. The van der Waals surface area contributed by atoms with E-state index in [2.05, 4.69) is 71.5 Å². The van der Waals surface area contributed by atoms with Gasteiger partial charge in [-0.25, -0.2) is 0 Å². The minimum absolute atomic E-state index is 0.152. The Labute approximate surface area is 137 Å². The fourth-order valence-corrected chi connectivity index (χ4v) is 4.12. The Morgan fingerprint density at radius 1 is 1.38 bits per heavy atom. The molecule has 2 rings (SSSR count). The second-order valence-corrected chi connectivity index (χ2v) is 7.67. The number of likely N-dealkylation sites (N-methyl/N-ethyl adjacent to an activating group) is 1. The number of nitrogens with two attached hydrogens (primary N) is 1. The normalized spacial score (nSPS) is 27.8. The maximum Gasteiger partial charge on any atom is 0.0434 e. The van der Waals surface area contributed by atoms with Crippen molar-refractivity contribution < 1.29 is 0 Å². The molecule has 0 heterocycles. The number of nitrogens with zero attached hydrogens (tertiary/aromatic N) is 1. The van der Waals surface area contributed by atoms with Crippen molar-refractivity contribution in [1.29, 1.82) is 0 Å². The van der Waals surface area contributed by atoms with Crippen LogP contribution in [0.15, 0.2) is 28.7 Å². The van der Waals surface area contributed by atoms with Gasteiger partial charge in [-0.2, -0.15) is 0 Å². The number of hydrogen-bond donors (Lipinski definition) is 2. The maximum absolute atomic E-state index is 5.96. The molecule has 1 saturated carbocycles. The summed E-state index contributed by atoms with van der Waals surface area (Å²) in [5, 5.41) is 0. The van der Waals surface area contributed by atoms with Crippen molar-refractivity contribution in [1.82, 2.24) is 10.3 Å². The van der Waals surface area contributed by atoms with Gasteiger partial charge in [-0.05, 0) is 57.0 Å². The topological polar surface area (TPSA) is 41.3 Å². The second-order valence-electron chi connectivity index (χ2n) is 6.75. The third kappa shape index (κ3) is 3.86. The molecule has 21 heavy (non-hydrogen) atoms. The van der Waals surface area contributed by atoms with Crippen LogP contribution in [0, 0.1) is 5.92 Å². The van der Waals surface area contributed by atoms with Crippen LogP contribution in [-0.4, -0.2) is 30.6 Å². The van der Waals surface area contributed by atoms with Crippen LogP contribution < -0.4 is 11.3 Å². The van der Waals surface area contributed by atoms with E-state index < -0.39 is 0 Å². The van der Waals surface area contributed by atoms with Gasteiger partial charge in [0.15, 0.2) is 0 Å². The van der Waals surface area contributed by atoms with Crippen molar-refractivity contribution in [3.63, 3.8) is 0 Å². The van der Waals surface area contributed by atoms with Crippen LogP contribution in [0.3, 0.4) is 0 Å². The van der Waals surface area contributed by atoms with Gasteiger partial charge in [0.25, 0.3) is 0 Å². The molecule has 0 aliphatic heterocycles. The highest BCUT2D eigenvalue weighted by Gasteiger charge is 2.43. The largest absolute Gasteiger partial charge is 0.302 e. The maximum atomic E-state index is 5.96. The zero-order valence-electron chi connectivity index (χ0n) is 13.4. The quantitative estimate of drug-likeness (QED) is 0.630. The van der Waals surface area contributed by atoms with E-state index in [1.54, 1.807) is 0 Å². The second kappa shape index (κ2) is 7.23. The monoisotopic (exact) mass is 353 g/mol. The van der Waals surface area contributed by atoms with E-state index in [0.717, 1.165) is 16.8 Å². The first-order valence-electron chi connectivity index (χ1n) is 7.86. The predicted molar refractivity (Wildman–Crippen MR) is 93.0 cm³/mol. The van der Waals surface area contributed by atoms with Gasteiger partial charge in [-0.1, -0.05) is 47.8 Å². The molecule has 0 bridgehead atoms. The molecule has 3 unspecified atom stereocenters. The first-order chi connectivity index (χ1) is 9.98. The van der Waals surface area contributed by atoms with Crippen molar-refractivity contribution in [2.75, 3.05) is 14.1 Å². The van der Waals surface area contributed by atoms with Crippen molar-refractivity contribution in [2.24, 2.45) is 11.8 Å². The summed E-state index contributed by atoms with van der Waals surface area (Å²) in [6, 6.07) is 8.86. The average molecular weight is 354 g/mol. The number of benzene rings is 1. The Hall–Kier alpha value is -0.420. The van der Waals surface area contributed by atoms with E-state index >= 15 is 0 Å². The van der Waals surface area contributed by atoms with Crippen LogP contribution in [0.5, 0.6) is 0 Å². The number of nitrogens with one attached hydrogen (secondary N) is 1. The molecule has 3 atom stereocenters. The molecule has 0 aromatic heterocycles. The lowest BCUT2D eigenvalue weighted by Crippen LogP contribution is -2.63. The summed E-state index contributed by atoms with van der Waals surface area (Å²) in [4.78, 5) is 2.39. The van der Waals surface area contributed by atoms with E-state index in [-0.39, 0.29) is 11.6 Å². The minimum Gasteiger partial charge on any atom is -0.302 e. The Morgan fingerprint density at radius 3 is 2.57 bits per heavy atom. The minimum atomic E-state index is 0.152. The molecule has 1 aromatic carbocycles. The van der Waals surface area contributed by atoms with Gasteiger partial charge in [-0.3, -0.25) is 11.3 Å². The zero-order chi connectivity index (χ0) is 15.5. The summed E-state index contributed by atoms with van der Waals surface area (Å²) in [5.41, 5.74) is 4.61.